The smallest absolute Gasteiger partial charge is 0.224 e. The zero-order chi connectivity index (χ0) is 21.2. The van der Waals surface area contributed by atoms with Gasteiger partial charge in [-0.3, -0.25) is 4.79 Å². The molecule has 3 aromatic rings. The number of benzene rings is 2. The number of anilines is 3. The summed E-state index contributed by atoms with van der Waals surface area (Å²) in [6, 6.07) is 15.4. The van der Waals surface area contributed by atoms with Gasteiger partial charge in [-0.25, -0.2) is 4.98 Å². The number of carbonyl (C=O) groups is 1. The van der Waals surface area contributed by atoms with Crippen molar-refractivity contribution >= 4 is 45.4 Å². The van der Waals surface area contributed by atoms with Gasteiger partial charge in [-0.05, 0) is 36.8 Å². The quantitative estimate of drug-likeness (QED) is 0.297. The van der Waals surface area contributed by atoms with Gasteiger partial charge in [0.25, 0.3) is 0 Å². The first kappa shape index (κ1) is 22.3. The molecular weight excluding hydrogens is 414 g/mol. The van der Waals surface area contributed by atoms with Crippen LogP contribution in [-0.2, 0) is 4.79 Å². The Labute approximate surface area is 187 Å². The van der Waals surface area contributed by atoms with Gasteiger partial charge in [-0.1, -0.05) is 68.8 Å². The van der Waals surface area contributed by atoms with E-state index in [1.165, 1.54) is 37.0 Å². The number of rotatable bonds is 11. The maximum atomic E-state index is 12.2. The molecule has 2 N–H and O–H groups in total. The molecule has 0 aliphatic rings. The third-order valence-corrected chi connectivity index (χ3v) is 5.77. The number of unbranched alkanes of at least 4 members (excludes halogenated alkanes) is 5. The fourth-order valence-electron chi connectivity index (χ4n) is 3.20. The number of amides is 1. The van der Waals surface area contributed by atoms with Crippen molar-refractivity contribution in [3.8, 4) is 11.3 Å². The molecule has 1 amide bonds. The topological polar surface area (TPSA) is 54.0 Å². The molecule has 0 fully saturated rings. The van der Waals surface area contributed by atoms with E-state index in [4.69, 9.17) is 11.6 Å². The minimum absolute atomic E-state index is 0.0734. The average molecular weight is 442 g/mol. The maximum absolute atomic E-state index is 12.2. The lowest BCUT2D eigenvalue weighted by atomic mass is 10.1. The van der Waals surface area contributed by atoms with Crippen LogP contribution < -0.4 is 10.6 Å². The van der Waals surface area contributed by atoms with Gasteiger partial charge in [0.1, 0.15) is 0 Å². The van der Waals surface area contributed by atoms with E-state index in [-0.39, 0.29) is 5.91 Å². The summed E-state index contributed by atoms with van der Waals surface area (Å²) in [4.78, 5) is 16.9. The van der Waals surface area contributed by atoms with Gasteiger partial charge in [-0.2, -0.15) is 0 Å². The van der Waals surface area contributed by atoms with Crippen LogP contribution in [0, 0.1) is 0 Å². The monoisotopic (exact) mass is 441 g/mol. The molecule has 6 heteroatoms. The van der Waals surface area contributed by atoms with Crippen LogP contribution in [0.2, 0.25) is 5.02 Å². The van der Waals surface area contributed by atoms with Crippen LogP contribution in [0.25, 0.3) is 11.3 Å². The van der Waals surface area contributed by atoms with Crippen LogP contribution in [0.5, 0.6) is 0 Å². The number of nitrogens with one attached hydrogen (secondary N) is 2. The molecule has 0 bridgehead atoms. The van der Waals surface area contributed by atoms with Gasteiger partial charge in [0.05, 0.1) is 5.69 Å². The molecule has 1 heterocycles. The molecule has 2 aromatic carbocycles. The fourth-order valence-corrected chi connectivity index (χ4v) is 4.13. The highest BCUT2D eigenvalue weighted by Gasteiger charge is 2.08. The molecule has 0 saturated carbocycles. The van der Waals surface area contributed by atoms with E-state index in [1.54, 1.807) is 0 Å². The highest BCUT2D eigenvalue weighted by Crippen LogP contribution is 2.29. The summed E-state index contributed by atoms with van der Waals surface area (Å²) in [5.74, 6) is 0.0734. The lowest BCUT2D eigenvalue weighted by molar-refractivity contribution is -0.116. The van der Waals surface area contributed by atoms with Crippen molar-refractivity contribution in [1.29, 1.82) is 0 Å². The van der Waals surface area contributed by atoms with E-state index in [0.29, 0.717) is 11.4 Å². The average Bonchev–Trinajstić information content (AvgIpc) is 3.19. The van der Waals surface area contributed by atoms with Crippen molar-refractivity contribution in [2.45, 2.75) is 51.9 Å². The Morgan fingerprint density at radius 3 is 2.60 bits per heavy atom. The Morgan fingerprint density at radius 1 is 1.00 bits per heavy atom. The minimum Gasteiger partial charge on any atom is -0.331 e. The minimum atomic E-state index is 0.0734. The number of nitrogens with zero attached hydrogens (tertiary/aromatic N) is 1. The first-order chi connectivity index (χ1) is 14.6. The first-order valence-electron chi connectivity index (χ1n) is 10.5. The standard InChI is InChI=1S/C24H28ClN3OS/c1-2-3-4-5-6-7-14-23(29)26-20-12-8-10-18(15-20)22-17-30-24(28-22)27-21-13-9-11-19(25)16-21/h8-13,15-17H,2-7,14H2,1H3,(H,26,29)(H,27,28). The summed E-state index contributed by atoms with van der Waals surface area (Å²) in [7, 11) is 0. The van der Waals surface area contributed by atoms with Gasteiger partial charge in [0, 0.05) is 33.8 Å². The molecule has 0 unspecified atom stereocenters. The summed E-state index contributed by atoms with van der Waals surface area (Å²) in [6.45, 7) is 2.21. The zero-order valence-electron chi connectivity index (χ0n) is 17.3. The van der Waals surface area contributed by atoms with Crippen LogP contribution >= 0.6 is 22.9 Å². The van der Waals surface area contributed by atoms with Gasteiger partial charge < -0.3 is 10.6 Å². The number of thiazole rings is 1. The highest BCUT2D eigenvalue weighted by molar-refractivity contribution is 7.14. The lowest BCUT2D eigenvalue weighted by Crippen LogP contribution is -2.11. The molecule has 1 aromatic heterocycles. The maximum Gasteiger partial charge on any atom is 0.224 e. The third-order valence-electron chi connectivity index (χ3n) is 4.78. The Morgan fingerprint density at radius 2 is 1.77 bits per heavy atom. The normalized spacial score (nSPS) is 10.7. The van der Waals surface area contributed by atoms with Crippen LogP contribution in [-0.4, -0.2) is 10.9 Å². The van der Waals surface area contributed by atoms with Gasteiger partial charge in [0.2, 0.25) is 5.91 Å². The SMILES string of the molecule is CCCCCCCCC(=O)Nc1cccc(-c2csc(Nc3cccc(Cl)c3)n2)c1. The van der Waals surface area contributed by atoms with Crippen molar-refractivity contribution in [1.82, 2.24) is 4.98 Å². The number of aromatic nitrogens is 1. The van der Waals surface area contributed by atoms with Crippen molar-refractivity contribution in [2.75, 3.05) is 10.6 Å². The van der Waals surface area contributed by atoms with Crippen molar-refractivity contribution in [3.05, 3.63) is 58.9 Å². The predicted molar refractivity (Wildman–Crippen MR) is 129 cm³/mol. The Hall–Kier alpha value is -2.37. The van der Waals surface area contributed by atoms with E-state index in [1.807, 2.05) is 53.9 Å². The summed E-state index contributed by atoms with van der Waals surface area (Å²) < 4.78 is 0. The molecule has 0 saturated heterocycles. The van der Waals surface area contributed by atoms with E-state index in [9.17, 15) is 4.79 Å². The zero-order valence-corrected chi connectivity index (χ0v) is 18.9. The summed E-state index contributed by atoms with van der Waals surface area (Å²) in [5, 5.41) is 9.77. The van der Waals surface area contributed by atoms with E-state index < -0.39 is 0 Å². The first-order valence-corrected chi connectivity index (χ1v) is 11.8. The van der Waals surface area contributed by atoms with Crippen LogP contribution in [0.3, 0.4) is 0 Å². The van der Waals surface area contributed by atoms with Crippen LogP contribution in [0.1, 0.15) is 51.9 Å². The third kappa shape index (κ3) is 7.15. The number of halogens is 1. The summed E-state index contributed by atoms with van der Waals surface area (Å²) >= 11 is 7.57. The predicted octanol–water partition coefficient (Wildman–Crippen LogP) is 7.90. The molecule has 0 spiro atoms. The second-order valence-corrected chi connectivity index (χ2v) is 8.61. The highest BCUT2D eigenvalue weighted by atomic mass is 35.5. The number of hydrogen-bond donors (Lipinski definition) is 2. The molecule has 0 aliphatic heterocycles. The second kappa shape index (κ2) is 11.7. The Bertz CT molecular complexity index is 957. The number of carbonyl (C=O) groups excluding carboxylic acids is 1. The molecule has 4 nitrogen and oxygen atoms in total. The van der Waals surface area contributed by atoms with Crippen LogP contribution in [0.15, 0.2) is 53.9 Å². The molecule has 0 aliphatic carbocycles. The molecule has 30 heavy (non-hydrogen) atoms. The summed E-state index contributed by atoms with van der Waals surface area (Å²) in [6.07, 6.45) is 7.64. The van der Waals surface area contributed by atoms with Gasteiger partial charge in [-0.15, -0.1) is 11.3 Å². The molecule has 0 atom stereocenters. The van der Waals surface area contributed by atoms with Gasteiger partial charge in [0.15, 0.2) is 5.13 Å². The lowest BCUT2D eigenvalue weighted by Gasteiger charge is -2.07. The van der Waals surface area contributed by atoms with Gasteiger partial charge >= 0.3 is 0 Å². The van der Waals surface area contributed by atoms with Crippen molar-refractivity contribution in [3.63, 3.8) is 0 Å². The Balaban J connectivity index is 1.54. The second-order valence-electron chi connectivity index (χ2n) is 7.32. The van der Waals surface area contributed by atoms with Crippen molar-refractivity contribution < 1.29 is 4.79 Å². The fraction of sp³-hybridized carbons (Fsp3) is 0.333. The van der Waals surface area contributed by atoms with Crippen molar-refractivity contribution in [2.24, 2.45) is 0 Å². The summed E-state index contributed by atoms with van der Waals surface area (Å²) in [5.41, 5.74) is 3.55. The molecule has 158 valence electrons. The number of hydrogen-bond acceptors (Lipinski definition) is 4. The van der Waals surface area contributed by atoms with E-state index >= 15 is 0 Å². The Kier molecular flexibility index (Phi) is 8.72. The molecule has 0 radical (unpaired) electrons. The molecule has 3 rings (SSSR count). The molecular formula is C24H28ClN3OS. The van der Waals surface area contributed by atoms with Crippen LogP contribution in [0.4, 0.5) is 16.5 Å². The largest absolute Gasteiger partial charge is 0.331 e. The van der Waals surface area contributed by atoms with E-state index in [2.05, 4.69) is 22.5 Å². The van der Waals surface area contributed by atoms with E-state index in [0.717, 1.165) is 40.6 Å².